The van der Waals surface area contributed by atoms with Crippen molar-refractivity contribution in [1.29, 1.82) is 0 Å². The number of thioether (sulfide) groups is 1. The summed E-state index contributed by atoms with van der Waals surface area (Å²) in [7, 11) is 0. The number of aryl methyl sites for hydroxylation is 1. The summed E-state index contributed by atoms with van der Waals surface area (Å²) in [5, 5.41) is 9.78. The summed E-state index contributed by atoms with van der Waals surface area (Å²) in [6, 6.07) is 0. The van der Waals surface area contributed by atoms with Gasteiger partial charge in [-0.1, -0.05) is 6.92 Å². The molecule has 1 unspecified atom stereocenters. The molecule has 0 aliphatic rings. The van der Waals surface area contributed by atoms with E-state index in [1.54, 1.807) is 6.92 Å². The van der Waals surface area contributed by atoms with Crippen LogP contribution in [0.4, 0.5) is 5.69 Å². The average molecular weight is 248 g/mol. The molecule has 0 aromatic carbocycles. The predicted molar refractivity (Wildman–Crippen MR) is 63.2 cm³/mol. The summed E-state index contributed by atoms with van der Waals surface area (Å²) >= 11 is 7.22. The molecule has 1 atom stereocenters. The minimum atomic E-state index is 0.157. The molecule has 1 aromatic rings. The maximum atomic E-state index is 8.89. The van der Waals surface area contributed by atoms with Gasteiger partial charge in [0, 0.05) is 12.4 Å². The van der Waals surface area contributed by atoms with Crippen molar-refractivity contribution in [2.75, 3.05) is 18.1 Å². The Bertz CT molecular complexity index is 348. The molecule has 0 fully saturated rings. The molecule has 6 heteroatoms. The van der Waals surface area contributed by atoms with Crippen molar-refractivity contribution < 1.29 is 5.11 Å². The first-order chi connectivity index (χ1) is 7.04. The zero-order chi connectivity index (χ0) is 11.4. The summed E-state index contributed by atoms with van der Waals surface area (Å²) in [6.45, 7) is 3.91. The highest BCUT2D eigenvalue weighted by atomic mass is 35.5. The largest absolute Gasteiger partial charge is 0.396 e. The molecule has 1 heterocycles. The smallest absolute Gasteiger partial charge is 0.223 e. The van der Waals surface area contributed by atoms with Crippen molar-refractivity contribution in [3.63, 3.8) is 0 Å². The number of aliphatic hydroxyl groups excluding tert-OH is 1. The number of hydrogen-bond donors (Lipinski definition) is 2. The summed E-state index contributed by atoms with van der Waals surface area (Å²) in [5.74, 6) is 0.969. The predicted octanol–water partition coefficient (Wildman–Crippen LogP) is 1.74. The third-order valence-electron chi connectivity index (χ3n) is 1.89. The van der Waals surface area contributed by atoms with Crippen LogP contribution in [0.15, 0.2) is 5.03 Å². The lowest BCUT2D eigenvalue weighted by atomic mass is 10.2. The Morgan fingerprint density at radius 1 is 1.53 bits per heavy atom. The zero-order valence-electron chi connectivity index (χ0n) is 8.70. The lowest BCUT2D eigenvalue weighted by Gasteiger charge is -2.09. The molecule has 4 nitrogen and oxygen atoms in total. The lowest BCUT2D eigenvalue weighted by molar-refractivity contribution is 0.250. The molecular formula is C9H14ClN3OS. The second kappa shape index (κ2) is 5.53. The molecule has 0 amide bonds. The van der Waals surface area contributed by atoms with Gasteiger partial charge in [0.25, 0.3) is 0 Å². The van der Waals surface area contributed by atoms with Crippen LogP contribution < -0.4 is 5.73 Å². The fourth-order valence-electron chi connectivity index (χ4n) is 0.906. The number of hydrogen-bond acceptors (Lipinski definition) is 5. The highest BCUT2D eigenvalue weighted by molar-refractivity contribution is 7.99. The molecular weight excluding hydrogens is 234 g/mol. The van der Waals surface area contributed by atoms with Crippen LogP contribution in [0, 0.1) is 12.8 Å². The molecule has 0 saturated carbocycles. The van der Waals surface area contributed by atoms with E-state index < -0.39 is 0 Å². The first kappa shape index (κ1) is 12.5. The van der Waals surface area contributed by atoms with Crippen molar-refractivity contribution >= 4 is 29.1 Å². The second-order valence-electron chi connectivity index (χ2n) is 3.40. The van der Waals surface area contributed by atoms with Gasteiger partial charge in [0.2, 0.25) is 5.28 Å². The molecule has 3 N–H and O–H groups in total. The third-order valence-corrected chi connectivity index (χ3v) is 3.38. The third kappa shape index (κ3) is 3.52. The molecule has 1 aromatic heterocycles. The minimum Gasteiger partial charge on any atom is -0.396 e. The van der Waals surface area contributed by atoms with Gasteiger partial charge in [-0.2, -0.15) is 0 Å². The maximum Gasteiger partial charge on any atom is 0.223 e. The molecule has 0 radical (unpaired) electrons. The van der Waals surface area contributed by atoms with E-state index in [1.807, 2.05) is 6.92 Å². The zero-order valence-corrected chi connectivity index (χ0v) is 10.3. The molecule has 0 saturated heterocycles. The van der Waals surface area contributed by atoms with E-state index in [2.05, 4.69) is 9.97 Å². The molecule has 0 spiro atoms. The van der Waals surface area contributed by atoms with Gasteiger partial charge in [-0.05, 0) is 24.4 Å². The summed E-state index contributed by atoms with van der Waals surface area (Å²) in [5.41, 5.74) is 7.07. The first-order valence-electron chi connectivity index (χ1n) is 4.57. The summed E-state index contributed by atoms with van der Waals surface area (Å²) in [6.07, 6.45) is 0. The van der Waals surface area contributed by atoms with Gasteiger partial charge < -0.3 is 10.8 Å². The highest BCUT2D eigenvalue weighted by Gasteiger charge is 2.10. The fraction of sp³-hybridized carbons (Fsp3) is 0.556. The molecule has 0 aliphatic carbocycles. The van der Waals surface area contributed by atoms with E-state index in [4.69, 9.17) is 22.4 Å². The Morgan fingerprint density at radius 2 is 2.20 bits per heavy atom. The van der Waals surface area contributed by atoms with Crippen molar-refractivity contribution in [2.24, 2.45) is 5.92 Å². The van der Waals surface area contributed by atoms with Crippen LogP contribution in [0.2, 0.25) is 5.28 Å². The molecule has 1 rings (SSSR count). The van der Waals surface area contributed by atoms with Gasteiger partial charge in [-0.3, -0.25) is 0 Å². The Hall–Kier alpha value is -0.520. The number of nitrogens with two attached hydrogens (primary N) is 1. The van der Waals surface area contributed by atoms with E-state index >= 15 is 0 Å². The van der Waals surface area contributed by atoms with E-state index in [0.717, 1.165) is 5.75 Å². The normalized spacial score (nSPS) is 12.8. The summed E-state index contributed by atoms with van der Waals surface area (Å²) in [4.78, 5) is 8.00. The van der Waals surface area contributed by atoms with Crippen molar-refractivity contribution in [3.05, 3.63) is 11.0 Å². The van der Waals surface area contributed by atoms with E-state index in [0.29, 0.717) is 16.4 Å². The summed E-state index contributed by atoms with van der Waals surface area (Å²) < 4.78 is 0. The van der Waals surface area contributed by atoms with Crippen LogP contribution in [-0.2, 0) is 0 Å². The molecule has 84 valence electrons. The Balaban J connectivity index is 2.76. The van der Waals surface area contributed by atoms with Crippen LogP contribution in [0.1, 0.15) is 12.6 Å². The number of nitrogen functional groups attached to an aromatic ring is 1. The van der Waals surface area contributed by atoms with Gasteiger partial charge in [0.05, 0.1) is 11.4 Å². The quantitative estimate of drug-likeness (QED) is 0.482. The molecule has 0 bridgehead atoms. The fourth-order valence-corrected chi connectivity index (χ4v) is 2.17. The van der Waals surface area contributed by atoms with Crippen LogP contribution in [0.25, 0.3) is 0 Å². The van der Waals surface area contributed by atoms with Gasteiger partial charge in [0.1, 0.15) is 5.03 Å². The number of aliphatic hydroxyl groups is 1. The second-order valence-corrected chi connectivity index (χ2v) is 4.74. The van der Waals surface area contributed by atoms with E-state index in [1.165, 1.54) is 11.8 Å². The number of halogens is 1. The average Bonchev–Trinajstić information content (AvgIpc) is 2.20. The molecule has 0 aliphatic heterocycles. The maximum absolute atomic E-state index is 8.89. The first-order valence-corrected chi connectivity index (χ1v) is 5.94. The molecule has 15 heavy (non-hydrogen) atoms. The van der Waals surface area contributed by atoms with E-state index in [9.17, 15) is 0 Å². The van der Waals surface area contributed by atoms with Gasteiger partial charge >= 0.3 is 0 Å². The standard InChI is InChI=1S/C9H14ClN3OS/c1-5(3-14)4-15-8-7(11)6(2)12-9(10)13-8/h5,14H,3-4,11H2,1-2H3. The number of aromatic nitrogens is 2. The lowest BCUT2D eigenvalue weighted by Crippen LogP contribution is -2.05. The Morgan fingerprint density at radius 3 is 2.80 bits per heavy atom. The Labute approximate surface area is 98.3 Å². The van der Waals surface area contributed by atoms with Crippen LogP contribution >= 0.6 is 23.4 Å². The van der Waals surface area contributed by atoms with Crippen LogP contribution in [0.3, 0.4) is 0 Å². The van der Waals surface area contributed by atoms with Crippen molar-refractivity contribution in [1.82, 2.24) is 9.97 Å². The van der Waals surface area contributed by atoms with Gasteiger partial charge in [0.15, 0.2) is 0 Å². The number of rotatable bonds is 4. The number of anilines is 1. The topological polar surface area (TPSA) is 72.0 Å². The SMILES string of the molecule is Cc1nc(Cl)nc(SCC(C)CO)c1N. The van der Waals surface area contributed by atoms with Crippen molar-refractivity contribution in [3.8, 4) is 0 Å². The highest BCUT2D eigenvalue weighted by Crippen LogP contribution is 2.27. The van der Waals surface area contributed by atoms with Crippen LogP contribution in [-0.4, -0.2) is 27.4 Å². The van der Waals surface area contributed by atoms with Crippen molar-refractivity contribution in [2.45, 2.75) is 18.9 Å². The Kier molecular flexibility index (Phi) is 4.63. The van der Waals surface area contributed by atoms with E-state index in [-0.39, 0.29) is 17.8 Å². The van der Waals surface area contributed by atoms with Gasteiger partial charge in [-0.15, -0.1) is 11.8 Å². The minimum absolute atomic E-state index is 0.157. The monoisotopic (exact) mass is 247 g/mol. The number of nitrogens with zero attached hydrogens (tertiary/aromatic N) is 2. The van der Waals surface area contributed by atoms with Crippen LogP contribution in [0.5, 0.6) is 0 Å². The van der Waals surface area contributed by atoms with Gasteiger partial charge in [-0.25, -0.2) is 9.97 Å².